The van der Waals surface area contributed by atoms with Crippen molar-refractivity contribution in [3.63, 3.8) is 0 Å². The highest BCUT2D eigenvalue weighted by Crippen LogP contribution is 2.16. The molecule has 0 rings (SSSR count). The Labute approximate surface area is 398 Å². The van der Waals surface area contributed by atoms with Crippen LogP contribution in [0.25, 0.3) is 0 Å². The molecule has 7 heteroatoms. The van der Waals surface area contributed by atoms with E-state index in [-0.39, 0.29) is 0 Å². The van der Waals surface area contributed by atoms with Crippen LogP contribution in [0.15, 0.2) is 0 Å². The zero-order chi connectivity index (χ0) is 47.4. The van der Waals surface area contributed by atoms with Crippen molar-refractivity contribution < 1.29 is 4.74 Å². The molecule has 0 radical (unpaired) electrons. The molecule has 0 aromatic rings. The quantitative estimate of drug-likeness (QED) is 0.0590. The Kier molecular flexibility index (Phi) is 40.6. The van der Waals surface area contributed by atoms with E-state index in [4.69, 9.17) is 4.74 Å². The van der Waals surface area contributed by atoms with E-state index in [2.05, 4.69) is 141 Å². The van der Waals surface area contributed by atoms with Crippen LogP contribution in [-0.4, -0.2) is 138 Å². The molecule has 0 aliphatic carbocycles. The minimum absolute atomic E-state index is 0.550. The number of hydrogen-bond donors (Lipinski definition) is 2. The highest BCUT2D eigenvalue weighted by Gasteiger charge is 2.17. The first-order chi connectivity index (χ1) is 29.9. The molecule has 7 nitrogen and oxygen atoms in total. The van der Waals surface area contributed by atoms with Gasteiger partial charge >= 0.3 is 0 Å². The highest BCUT2D eigenvalue weighted by atomic mass is 16.5. The maximum absolute atomic E-state index is 6.88. The van der Waals surface area contributed by atoms with Crippen LogP contribution >= 0.6 is 0 Å². The van der Waals surface area contributed by atoms with Crippen molar-refractivity contribution in [2.75, 3.05) is 118 Å². The Hall–Kier alpha value is -0.280. The average molecular weight is 894 g/mol. The summed E-state index contributed by atoms with van der Waals surface area (Å²) in [6.45, 7) is 58.5. The van der Waals surface area contributed by atoms with Crippen molar-refractivity contribution in [2.24, 2.45) is 59.2 Å². The summed E-state index contributed by atoms with van der Waals surface area (Å²) in [6, 6.07) is 0. The summed E-state index contributed by atoms with van der Waals surface area (Å²) in [5.41, 5.74) is 0. The molecule has 2 N–H and O–H groups in total. The predicted molar refractivity (Wildman–Crippen MR) is 283 cm³/mol. The molecule has 380 valence electrons. The smallest absolute Gasteiger partial charge is 0.0506 e. The second-order valence-corrected chi connectivity index (χ2v) is 23.8. The summed E-state index contributed by atoms with van der Waals surface area (Å²) in [5.74, 6) is 7.17. The van der Waals surface area contributed by atoms with Gasteiger partial charge in [0, 0.05) is 39.3 Å². The van der Waals surface area contributed by atoms with E-state index in [0.29, 0.717) is 11.8 Å². The molecular formula is C56H120N6O. The third kappa shape index (κ3) is 42.8. The van der Waals surface area contributed by atoms with E-state index in [9.17, 15) is 0 Å². The van der Waals surface area contributed by atoms with E-state index in [1.165, 1.54) is 142 Å². The number of nitrogens with one attached hydrogen (secondary N) is 2. The third-order valence-corrected chi connectivity index (χ3v) is 13.1. The van der Waals surface area contributed by atoms with Crippen molar-refractivity contribution in [3.05, 3.63) is 0 Å². The van der Waals surface area contributed by atoms with E-state index in [1.54, 1.807) is 0 Å². The van der Waals surface area contributed by atoms with Gasteiger partial charge in [-0.3, -0.25) is 0 Å². The van der Waals surface area contributed by atoms with Crippen molar-refractivity contribution in [3.8, 4) is 0 Å². The van der Waals surface area contributed by atoms with E-state index in [0.717, 1.165) is 99.8 Å². The second-order valence-electron chi connectivity index (χ2n) is 23.8. The van der Waals surface area contributed by atoms with Crippen LogP contribution in [0.4, 0.5) is 0 Å². The lowest BCUT2D eigenvalue weighted by Crippen LogP contribution is -2.38. The van der Waals surface area contributed by atoms with Crippen LogP contribution in [0.1, 0.15) is 188 Å². The average Bonchev–Trinajstić information content (AvgIpc) is 3.19. The molecule has 0 heterocycles. The first-order valence-electron chi connectivity index (χ1n) is 27.7. The van der Waals surface area contributed by atoms with Gasteiger partial charge in [-0.25, -0.2) is 0 Å². The summed E-state index contributed by atoms with van der Waals surface area (Å²) in [6.07, 6.45) is 15.4. The fourth-order valence-corrected chi connectivity index (χ4v) is 8.05. The largest absolute Gasteiger partial charge is 0.381 e. The molecule has 0 fully saturated rings. The third-order valence-electron chi connectivity index (χ3n) is 13.1. The summed E-state index contributed by atoms with van der Waals surface area (Å²) < 4.78 is 6.88. The van der Waals surface area contributed by atoms with E-state index >= 15 is 0 Å². The van der Waals surface area contributed by atoms with Gasteiger partial charge in [0.15, 0.2) is 0 Å². The van der Waals surface area contributed by atoms with Gasteiger partial charge in [0.1, 0.15) is 0 Å². The van der Waals surface area contributed by atoms with Crippen LogP contribution in [0.5, 0.6) is 0 Å². The molecule has 0 saturated heterocycles. The zero-order valence-corrected chi connectivity index (χ0v) is 46.2. The molecule has 0 amide bonds. The maximum atomic E-state index is 6.88. The molecule has 0 aromatic carbocycles. The molecule has 0 aliphatic heterocycles. The lowest BCUT2D eigenvalue weighted by molar-refractivity contribution is 0.0624. The van der Waals surface area contributed by atoms with Crippen molar-refractivity contribution in [2.45, 2.75) is 188 Å². The van der Waals surface area contributed by atoms with E-state index < -0.39 is 0 Å². The Morgan fingerprint density at radius 2 is 0.508 bits per heavy atom. The standard InChI is InChI=1S/C56H120N6O/c1-47(2)21-33-59(34-22-48(3)4)31-17-19-55(43-57-29-41-61(37-25-51(9)10)38-26-52(11)12)45-63-46-56(20-18-32-60(35-23-49(5)6)36-24-50(7)8)44-58-30-42-62(39-27-53(13)14)40-28-54(15)16/h47-58H,17-46H2,1-16H3. The van der Waals surface area contributed by atoms with Gasteiger partial charge in [0.25, 0.3) is 0 Å². The normalized spacial score (nSPS) is 13.9. The van der Waals surface area contributed by atoms with Crippen molar-refractivity contribution in [1.29, 1.82) is 0 Å². The summed E-state index contributed by atoms with van der Waals surface area (Å²) in [5, 5.41) is 7.93. The first-order valence-corrected chi connectivity index (χ1v) is 27.7. The van der Waals surface area contributed by atoms with Gasteiger partial charge in [0.05, 0.1) is 13.2 Å². The molecule has 2 unspecified atom stereocenters. The van der Waals surface area contributed by atoms with Gasteiger partial charge in [-0.2, -0.15) is 0 Å². The van der Waals surface area contributed by atoms with Crippen molar-refractivity contribution >= 4 is 0 Å². The predicted octanol–water partition coefficient (Wildman–Crippen LogP) is 12.6. The molecule has 63 heavy (non-hydrogen) atoms. The number of hydrogen-bond acceptors (Lipinski definition) is 7. The second kappa shape index (κ2) is 40.8. The molecule has 2 atom stereocenters. The van der Waals surface area contributed by atoms with Crippen LogP contribution < -0.4 is 10.6 Å². The molecule has 0 aliphatic rings. The Bertz CT molecular complexity index is 832. The Morgan fingerprint density at radius 1 is 0.286 bits per heavy atom. The monoisotopic (exact) mass is 893 g/mol. The van der Waals surface area contributed by atoms with Gasteiger partial charge in [-0.1, -0.05) is 111 Å². The minimum Gasteiger partial charge on any atom is -0.381 e. The van der Waals surface area contributed by atoms with Crippen LogP contribution in [0.3, 0.4) is 0 Å². The summed E-state index contributed by atoms with van der Waals surface area (Å²) in [4.78, 5) is 11.0. The molecule has 0 bridgehead atoms. The van der Waals surface area contributed by atoms with Gasteiger partial charge in [0.2, 0.25) is 0 Å². The highest BCUT2D eigenvalue weighted by molar-refractivity contribution is 4.72. The van der Waals surface area contributed by atoms with Crippen molar-refractivity contribution in [1.82, 2.24) is 30.2 Å². The van der Waals surface area contributed by atoms with Crippen LogP contribution in [0, 0.1) is 59.2 Å². The fourth-order valence-electron chi connectivity index (χ4n) is 8.05. The summed E-state index contributed by atoms with van der Waals surface area (Å²) >= 11 is 0. The zero-order valence-electron chi connectivity index (χ0n) is 46.2. The van der Waals surface area contributed by atoms with Gasteiger partial charge in [-0.15, -0.1) is 0 Å². The Morgan fingerprint density at radius 3 is 0.730 bits per heavy atom. The van der Waals surface area contributed by atoms with Gasteiger partial charge in [-0.05, 0) is 202 Å². The minimum atomic E-state index is 0.550. The summed E-state index contributed by atoms with van der Waals surface area (Å²) in [7, 11) is 0. The number of ether oxygens (including phenoxy) is 1. The molecular weight excluding hydrogens is 773 g/mol. The van der Waals surface area contributed by atoms with E-state index in [1.807, 2.05) is 0 Å². The fraction of sp³-hybridized carbons (Fsp3) is 1.00. The molecule has 0 aromatic heterocycles. The number of rotatable bonds is 46. The van der Waals surface area contributed by atoms with Crippen LogP contribution in [0.2, 0.25) is 0 Å². The lowest BCUT2D eigenvalue weighted by Gasteiger charge is -2.27. The Balaban J connectivity index is 5.86. The maximum Gasteiger partial charge on any atom is 0.0506 e. The van der Waals surface area contributed by atoms with Crippen LogP contribution in [-0.2, 0) is 4.74 Å². The SMILES string of the molecule is CC(C)CCN(CCCC(CNCCN(CCC(C)C)CCC(C)C)COCC(CCCN(CCC(C)C)CCC(C)C)CNCCN(CCC(C)C)CCC(C)C)CCC(C)C. The topological polar surface area (TPSA) is 46.2 Å². The first kappa shape index (κ1) is 62.7. The lowest BCUT2D eigenvalue weighted by atomic mass is 10.0. The number of nitrogens with zero attached hydrogens (tertiary/aromatic N) is 4. The van der Waals surface area contributed by atoms with Gasteiger partial charge < -0.3 is 35.0 Å². The molecule has 0 spiro atoms. The molecule has 0 saturated carbocycles.